The van der Waals surface area contributed by atoms with E-state index in [0.717, 1.165) is 0 Å². The Bertz CT molecular complexity index is 361. The van der Waals surface area contributed by atoms with Gasteiger partial charge in [0.25, 0.3) is 0 Å². The molecular weight excluding hydrogens is 184 g/mol. The van der Waals surface area contributed by atoms with Crippen LogP contribution in [0.1, 0.15) is 5.56 Å². The average molecular weight is 192 g/mol. The minimum Gasteiger partial charge on any atom is -0.475 e. The third kappa shape index (κ3) is 1.12. The highest BCUT2D eigenvalue weighted by atomic mass is 16.7. The highest BCUT2D eigenvalue weighted by molar-refractivity contribution is 5.78. The Morgan fingerprint density at radius 1 is 1.14 bits per heavy atom. The number of ether oxygens (including phenoxy) is 2. The van der Waals surface area contributed by atoms with Crippen molar-refractivity contribution in [2.24, 2.45) is 0 Å². The van der Waals surface area contributed by atoms with Crippen molar-refractivity contribution in [3.05, 3.63) is 48.4 Å². The summed E-state index contributed by atoms with van der Waals surface area (Å²) in [5, 5.41) is 9.03. The van der Waals surface area contributed by atoms with Crippen LogP contribution in [0, 0.1) is 0 Å². The first-order chi connectivity index (χ1) is 6.76. The second-order valence-corrected chi connectivity index (χ2v) is 2.80. The molecule has 0 saturated carbocycles. The maximum Gasteiger partial charge on any atom is 0.395 e. The number of aliphatic carboxylic acids is 1. The van der Waals surface area contributed by atoms with Gasteiger partial charge in [0.05, 0.1) is 0 Å². The van der Waals surface area contributed by atoms with Crippen LogP contribution < -0.4 is 0 Å². The van der Waals surface area contributed by atoms with Crippen molar-refractivity contribution < 1.29 is 19.4 Å². The maximum absolute atomic E-state index is 11.0. The topological polar surface area (TPSA) is 55.8 Å². The third-order valence-electron chi connectivity index (χ3n) is 1.96. The fraction of sp³-hybridized carbons (Fsp3) is 0.100. The Balaban J connectivity index is 2.43. The van der Waals surface area contributed by atoms with Gasteiger partial charge < -0.3 is 14.6 Å². The molecule has 1 aliphatic heterocycles. The third-order valence-corrected chi connectivity index (χ3v) is 1.96. The van der Waals surface area contributed by atoms with E-state index in [4.69, 9.17) is 14.6 Å². The van der Waals surface area contributed by atoms with Gasteiger partial charge in [-0.3, -0.25) is 0 Å². The zero-order chi connectivity index (χ0) is 10.0. The number of carbonyl (C=O) groups is 1. The Morgan fingerprint density at radius 3 is 2.21 bits per heavy atom. The van der Waals surface area contributed by atoms with Gasteiger partial charge in [-0.1, -0.05) is 30.3 Å². The molecule has 0 bridgehead atoms. The molecule has 0 atom stereocenters. The lowest BCUT2D eigenvalue weighted by molar-refractivity contribution is -0.199. The summed E-state index contributed by atoms with van der Waals surface area (Å²) in [5.41, 5.74) is 0.456. The normalized spacial score (nSPS) is 17.1. The molecule has 1 aromatic carbocycles. The van der Waals surface area contributed by atoms with Gasteiger partial charge in [0, 0.05) is 5.56 Å². The van der Waals surface area contributed by atoms with E-state index >= 15 is 0 Å². The van der Waals surface area contributed by atoms with Crippen LogP contribution in [-0.4, -0.2) is 11.1 Å². The summed E-state index contributed by atoms with van der Waals surface area (Å²) in [5.74, 6) is -2.88. The first kappa shape index (κ1) is 8.62. The number of rotatable bonds is 2. The minimum atomic E-state index is -1.71. The largest absolute Gasteiger partial charge is 0.475 e. The van der Waals surface area contributed by atoms with E-state index in [1.165, 1.54) is 12.5 Å². The molecule has 0 fully saturated rings. The molecule has 0 aliphatic carbocycles. The molecule has 0 saturated heterocycles. The van der Waals surface area contributed by atoms with E-state index in [1.807, 2.05) is 0 Å². The zero-order valence-corrected chi connectivity index (χ0v) is 7.21. The summed E-state index contributed by atoms with van der Waals surface area (Å²) < 4.78 is 9.97. The van der Waals surface area contributed by atoms with Crippen LogP contribution >= 0.6 is 0 Å². The van der Waals surface area contributed by atoms with Crippen molar-refractivity contribution >= 4 is 5.97 Å². The highest BCUT2D eigenvalue weighted by Crippen LogP contribution is 2.32. The molecule has 4 nitrogen and oxygen atoms in total. The molecule has 2 rings (SSSR count). The monoisotopic (exact) mass is 192 g/mol. The smallest absolute Gasteiger partial charge is 0.395 e. The summed E-state index contributed by atoms with van der Waals surface area (Å²) in [6.45, 7) is 0. The highest BCUT2D eigenvalue weighted by Gasteiger charge is 2.46. The van der Waals surface area contributed by atoms with Gasteiger partial charge >= 0.3 is 11.8 Å². The molecule has 14 heavy (non-hydrogen) atoms. The molecular formula is C10H8O4. The number of carboxylic acids is 1. The van der Waals surface area contributed by atoms with E-state index in [9.17, 15) is 4.79 Å². The van der Waals surface area contributed by atoms with Gasteiger partial charge in [-0.25, -0.2) is 4.79 Å². The molecule has 1 heterocycles. The van der Waals surface area contributed by atoms with Crippen molar-refractivity contribution in [3.63, 3.8) is 0 Å². The Labute approximate surface area is 80.4 Å². The van der Waals surface area contributed by atoms with Crippen LogP contribution in [0.25, 0.3) is 0 Å². The summed E-state index contributed by atoms with van der Waals surface area (Å²) in [7, 11) is 0. The second-order valence-electron chi connectivity index (χ2n) is 2.80. The van der Waals surface area contributed by atoms with Crippen molar-refractivity contribution in [1.29, 1.82) is 0 Å². The quantitative estimate of drug-likeness (QED) is 0.770. The Morgan fingerprint density at radius 2 is 1.71 bits per heavy atom. The summed E-state index contributed by atoms with van der Waals surface area (Å²) in [4.78, 5) is 11.0. The zero-order valence-electron chi connectivity index (χ0n) is 7.21. The molecule has 72 valence electrons. The first-order valence-corrected chi connectivity index (χ1v) is 4.05. The predicted octanol–water partition coefficient (Wildman–Crippen LogP) is 1.44. The number of carboxylic acid groups (broad SMARTS) is 1. The van der Waals surface area contributed by atoms with Crippen LogP contribution in [0.2, 0.25) is 0 Å². The Hall–Kier alpha value is -1.97. The molecule has 0 radical (unpaired) electrons. The summed E-state index contributed by atoms with van der Waals surface area (Å²) >= 11 is 0. The van der Waals surface area contributed by atoms with Crippen molar-refractivity contribution in [2.45, 2.75) is 5.79 Å². The van der Waals surface area contributed by atoms with Crippen LogP contribution in [0.5, 0.6) is 0 Å². The van der Waals surface area contributed by atoms with Crippen molar-refractivity contribution in [1.82, 2.24) is 0 Å². The molecule has 1 aromatic rings. The SMILES string of the molecule is O=C(O)C1(c2ccccc2)OC=CO1. The van der Waals surface area contributed by atoms with Crippen LogP contribution in [-0.2, 0) is 20.1 Å². The lowest BCUT2D eigenvalue weighted by atomic mass is 10.1. The second kappa shape index (κ2) is 3.06. The fourth-order valence-corrected chi connectivity index (χ4v) is 1.29. The number of hydrogen-bond donors (Lipinski definition) is 1. The Kier molecular flexibility index (Phi) is 1.89. The van der Waals surface area contributed by atoms with E-state index in [2.05, 4.69) is 0 Å². The summed E-state index contributed by atoms with van der Waals surface area (Å²) in [6, 6.07) is 8.53. The van der Waals surface area contributed by atoms with E-state index in [1.54, 1.807) is 30.3 Å². The lowest BCUT2D eigenvalue weighted by Gasteiger charge is -2.22. The first-order valence-electron chi connectivity index (χ1n) is 4.05. The fourth-order valence-electron chi connectivity index (χ4n) is 1.29. The van der Waals surface area contributed by atoms with Crippen molar-refractivity contribution in [2.75, 3.05) is 0 Å². The van der Waals surface area contributed by atoms with Gasteiger partial charge in [0.2, 0.25) is 0 Å². The lowest BCUT2D eigenvalue weighted by Crippen LogP contribution is -2.36. The van der Waals surface area contributed by atoms with E-state index in [-0.39, 0.29) is 0 Å². The number of hydrogen-bond acceptors (Lipinski definition) is 3. The standard InChI is InChI=1S/C10H8O4/c11-9(12)10(13-6-7-14-10)8-4-2-1-3-5-8/h1-7H,(H,11,12). The van der Waals surface area contributed by atoms with Gasteiger partial charge in [0.1, 0.15) is 12.5 Å². The molecule has 1 aliphatic rings. The van der Waals surface area contributed by atoms with Gasteiger partial charge in [-0.05, 0) is 0 Å². The minimum absolute atomic E-state index is 0.456. The van der Waals surface area contributed by atoms with E-state index in [0.29, 0.717) is 5.56 Å². The van der Waals surface area contributed by atoms with Gasteiger partial charge in [0.15, 0.2) is 0 Å². The average Bonchev–Trinajstić information content (AvgIpc) is 2.69. The van der Waals surface area contributed by atoms with Gasteiger partial charge in [-0.2, -0.15) is 0 Å². The molecule has 0 unspecified atom stereocenters. The molecule has 0 aromatic heterocycles. The van der Waals surface area contributed by atoms with Crippen molar-refractivity contribution in [3.8, 4) is 0 Å². The van der Waals surface area contributed by atoms with Crippen LogP contribution in [0.3, 0.4) is 0 Å². The van der Waals surface area contributed by atoms with Crippen LogP contribution in [0.15, 0.2) is 42.9 Å². The predicted molar refractivity (Wildman–Crippen MR) is 47.1 cm³/mol. The van der Waals surface area contributed by atoms with Gasteiger partial charge in [-0.15, -0.1) is 0 Å². The molecule has 0 amide bonds. The maximum atomic E-state index is 11.0. The molecule has 4 heteroatoms. The van der Waals surface area contributed by atoms with Crippen LogP contribution in [0.4, 0.5) is 0 Å². The van der Waals surface area contributed by atoms with E-state index < -0.39 is 11.8 Å². The summed E-state index contributed by atoms with van der Waals surface area (Å²) in [6.07, 6.45) is 2.45. The molecule has 1 N–H and O–H groups in total. The molecule has 0 spiro atoms. The number of benzene rings is 1.